The van der Waals surface area contributed by atoms with Crippen molar-refractivity contribution in [3.05, 3.63) is 61.3 Å². The molecule has 4 heterocycles. The van der Waals surface area contributed by atoms with Crippen molar-refractivity contribution >= 4 is 40.2 Å². The molecule has 0 N–H and O–H groups in total. The monoisotopic (exact) mass is 425 g/mol. The summed E-state index contributed by atoms with van der Waals surface area (Å²) in [6.45, 7) is 5.32. The van der Waals surface area contributed by atoms with Crippen molar-refractivity contribution in [1.82, 2.24) is 23.6 Å². The molecule has 29 heavy (non-hydrogen) atoms. The molecule has 1 aliphatic heterocycles. The Morgan fingerprint density at radius 2 is 2.10 bits per heavy atom. The van der Waals surface area contributed by atoms with E-state index in [1.54, 1.807) is 4.57 Å². The lowest BCUT2D eigenvalue weighted by molar-refractivity contribution is 0.190. The summed E-state index contributed by atoms with van der Waals surface area (Å²) in [5.41, 5.74) is 2.24. The Kier molecular flexibility index (Phi) is 4.85. The second-order valence-corrected chi connectivity index (χ2v) is 8.92. The summed E-state index contributed by atoms with van der Waals surface area (Å²) in [5.74, 6) is 0.639. The summed E-state index contributed by atoms with van der Waals surface area (Å²) in [6, 6.07) is 9.89. The van der Waals surface area contributed by atoms with E-state index in [-0.39, 0.29) is 5.56 Å². The van der Waals surface area contributed by atoms with Gasteiger partial charge in [-0.2, -0.15) is 0 Å². The summed E-state index contributed by atoms with van der Waals surface area (Å²) in [5, 5.41) is 7.67. The topological polar surface area (TPSA) is 47.5 Å². The van der Waals surface area contributed by atoms with Gasteiger partial charge in [0.1, 0.15) is 0 Å². The van der Waals surface area contributed by atoms with Crippen LogP contribution in [0.5, 0.6) is 0 Å². The first-order valence-electron chi connectivity index (χ1n) is 10.1. The number of benzene rings is 1. The Morgan fingerprint density at radius 1 is 1.24 bits per heavy atom. The predicted octanol–water partition coefficient (Wildman–Crippen LogP) is 4.06. The number of hydrogen-bond donors (Lipinski definition) is 0. The zero-order valence-electron chi connectivity index (χ0n) is 16.4. The van der Waals surface area contributed by atoms with Crippen LogP contribution in [0.25, 0.3) is 16.7 Å². The van der Waals surface area contributed by atoms with Crippen molar-refractivity contribution in [2.75, 3.05) is 6.54 Å². The van der Waals surface area contributed by atoms with E-state index >= 15 is 0 Å². The van der Waals surface area contributed by atoms with Crippen LogP contribution in [0, 0.1) is 4.77 Å². The molecule has 0 amide bonds. The van der Waals surface area contributed by atoms with Crippen molar-refractivity contribution in [1.29, 1.82) is 0 Å². The van der Waals surface area contributed by atoms with Gasteiger partial charge in [0.05, 0.1) is 17.6 Å². The van der Waals surface area contributed by atoms with E-state index in [9.17, 15) is 4.79 Å². The van der Waals surface area contributed by atoms with Gasteiger partial charge in [-0.15, -0.1) is 16.4 Å². The number of nitrogens with zero attached hydrogens (tertiary/aromatic N) is 5. The van der Waals surface area contributed by atoms with Crippen molar-refractivity contribution < 1.29 is 0 Å². The van der Waals surface area contributed by atoms with Crippen LogP contribution in [-0.2, 0) is 26.2 Å². The fourth-order valence-electron chi connectivity index (χ4n) is 4.09. The van der Waals surface area contributed by atoms with E-state index < -0.39 is 0 Å². The molecule has 8 heteroatoms. The van der Waals surface area contributed by atoms with Gasteiger partial charge in [0.25, 0.3) is 5.56 Å². The molecular formula is C21H23N5OS2. The van der Waals surface area contributed by atoms with Gasteiger partial charge in [0, 0.05) is 24.5 Å². The maximum absolute atomic E-state index is 13.1. The molecule has 1 aliphatic rings. The van der Waals surface area contributed by atoms with Crippen LogP contribution in [0.1, 0.15) is 30.2 Å². The number of thiophene rings is 1. The first-order valence-corrected chi connectivity index (χ1v) is 11.3. The van der Waals surface area contributed by atoms with Crippen LogP contribution >= 0.6 is 23.6 Å². The van der Waals surface area contributed by atoms with Crippen LogP contribution in [0.3, 0.4) is 0 Å². The molecule has 0 unspecified atom stereocenters. The molecular weight excluding hydrogens is 402 g/mol. The Bertz CT molecular complexity index is 1310. The van der Waals surface area contributed by atoms with Gasteiger partial charge in [-0.1, -0.05) is 25.5 Å². The molecule has 0 saturated carbocycles. The average molecular weight is 426 g/mol. The van der Waals surface area contributed by atoms with Gasteiger partial charge in [0.15, 0.2) is 0 Å². The third-order valence-electron chi connectivity index (χ3n) is 5.64. The SMILES string of the molecule is CCCCn1c(=O)c2ccccc2n2c(=S)n(CN3CCc4sccc4C3)nc12. The number of fused-ring (bicyclic) bond motifs is 4. The Labute approximate surface area is 177 Å². The highest BCUT2D eigenvalue weighted by molar-refractivity contribution is 7.71. The van der Waals surface area contributed by atoms with Crippen molar-refractivity contribution in [2.24, 2.45) is 0 Å². The maximum Gasteiger partial charge on any atom is 0.262 e. The highest BCUT2D eigenvalue weighted by Crippen LogP contribution is 2.24. The van der Waals surface area contributed by atoms with Crippen LogP contribution in [0.15, 0.2) is 40.5 Å². The standard InChI is InChI=1S/C21H23N5OS2/c1-2-3-10-24-19(27)16-6-4-5-7-17(16)26-20(24)22-25(21(26)28)14-23-11-8-18-15(13-23)9-12-29-18/h4-7,9,12H,2-3,8,10-11,13-14H2,1H3. The summed E-state index contributed by atoms with van der Waals surface area (Å²) >= 11 is 7.66. The zero-order chi connectivity index (χ0) is 20.0. The van der Waals surface area contributed by atoms with Crippen molar-refractivity contribution in [2.45, 2.75) is 45.9 Å². The minimum atomic E-state index is 0.00888. The van der Waals surface area contributed by atoms with Gasteiger partial charge in [0.2, 0.25) is 10.5 Å². The average Bonchev–Trinajstić information content (AvgIpc) is 3.32. The van der Waals surface area contributed by atoms with Crippen LogP contribution < -0.4 is 5.56 Å². The van der Waals surface area contributed by atoms with E-state index in [1.807, 2.05) is 44.7 Å². The number of hydrogen-bond acceptors (Lipinski definition) is 5. The predicted molar refractivity (Wildman–Crippen MR) is 119 cm³/mol. The third kappa shape index (κ3) is 3.15. The Balaban J connectivity index is 1.62. The lowest BCUT2D eigenvalue weighted by atomic mass is 10.1. The molecule has 0 bridgehead atoms. The minimum Gasteiger partial charge on any atom is -0.280 e. The number of para-hydroxylation sites is 1. The summed E-state index contributed by atoms with van der Waals surface area (Å²) in [6.07, 6.45) is 3.02. The lowest BCUT2D eigenvalue weighted by Gasteiger charge is -2.26. The molecule has 0 spiro atoms. The molecule has 6 nitrogen and oxygen atoms in total. The van der Waals surface area contributed by atoms with E-state index in [0.29, 0.717) is 29.1 Å². The highest BCUT2D eigenvalue weighted by atomic mass is 32.1. The molecule has 5 rings (SSSR count). The lowest BCUT2D eigenvalue weighted by Crippen LogP contribution is -2.32. The Hall–Kier alpha value is -2.29. The highest BCUT2D eigenvalue weighted by Gasteiger charge is 2.20. The molecule has 0 aliphatic carbocycles. The number of aryl methyl sites for hydroxylation is 1. The van der Waals surface area contributed by atoms with Gasteiger partial charge >= 0.3 is 0 Å². The summed E-state index contributed by atoms with van der Waals surface area (Å²) in [4.78, 5) is 17.0. The first kappa shape index (κ1) is 18.7. The van der Waals surface area contributed by atoms with Gasteiger partial charge in [-0.3, -0.25) is 18.7 Å². The van der Waals surface area contributed by atoms with E-state index in [1.165, 1.54) is 10.4 Å². The third-order valence-corrected chi connectivity index (χ3v) is 7.06. The van der Waals surface area contributed by atoms with Gasteiger partial charge in [-0.05, 0) is 54.2 Å². The largest absolute Gasteiger partial charge is 0.280 e. The second-order valence-electron chi connectivity index (χ2n) is 7.56. The fourth-order valence-corrected chi connectivity index (χ4v) is 5.26. The zero-order valence-corrected chi connectivity index (χ0v) is 18.0. The molecule has 3 aromatic heterocycles. The van der Waals surface area contributed by atoms with Crippen LogP contribution in [0.2, 0.25) is 0 Å². The van der Waals surface area contributed by atoms with Gasteiger partial charge < -0.3 is 0 Å². The molecule has 4 aromatic rings. The second kappa shape index (κ2) is 7.51. The number of rotatable bonds is 5. The quantitative estimate of drug-likeness (QED) is 0.453. The normalized spacial score (nSPS) is 14.7. The molecule has 0 radical (unpaired) electrons. The number of unbranched alkanes of at least 4 members (excludes halogenated alkanes) is 1. The summed E-state index contributed by atoms with van der Waals surface area (Å²) < 4.78 is 6.25. The van der Waals surface area contributed by atoms with E-state index in [2.05, 4.69) is 23.3 Å². The summed E-state index contributed by atoms with van der Waals surface area (Å²) in [7, 11) is 0. The first-order chi connectivity index (χ1) is 14.2. The van der Waals surface area contributed by atoms with E-state index in [0.717, 1.165) is 37.9 Å². The van der Waals surface area contributed by atoms with Crippen LogP contribution in [-0.4, -0.2) is 30.2 Å². The van der Waals surface area contributed by atoms with Crippen molar-refractivity contribution in [3.63, 3.8) is 0 Å². The molecule has 1 aromatic carbocycles. The smallest absolute Gasteiger partial charge is 0.262 e. The minimum absolute atomic E-state index is 0.00888. The molecule has 0 saturated heterocycles. The maximum atomic E-state index is 13.1. The number of aromatic nitrogens is 4. The molecule has 0 fully saturated rings. The Morgan fingerprint density at radius 3 is 2.97 bits per heavy atom. The van der Waals surface area contributed by atoms with Crippen LogP contribution in [0.4, 0.5) is 0 Å². The fraction of sp³-hybridized carbons (Fsp3) is 0.381. The molecule has 0 atom stereocenters. The van der Waals surface area contributed by atoms with Crippen molar-refractivity contribution in [3.8, 4) is 0 Å². The van der Waals surface area contributed by atoms with Gasteiger partial charge in [-0.25, -0.2) is 4.68 Å². The van der Waals surface area contributed by atoms with E-state index in [4.69, 9.17) is 17.3 Å². The molecule has 150 valence electrons.